The number of benzene rings is 2. The Labute approximate surface area is 150 Å². The summed E-state index contributed by atoms with van der Waals surface area (Å²) in [6.07, 6.45) is 3.41. The molecule has 0 aliphatic carbocycles. The first-order valence-corrected chi connectivity index (χ1v) is 8.39. The van der Waals surface area contributed by atoms with Crippen molar-refractivity contribution in [2.75, 3.05) is 18.1 Å². The molecule has 0 saturated carbocycles. The van der Waals surface area contributed by atoms with Crippen LogP contribution in [-0.4, -0.2) is 25.3 Å². The van der Waals surface area contributed by atoms with Gasteiger partial charge in [-0.1, -0.05) is 52.6 Å². The average molecular weight is 363 g/mol. The second-order valence-corrected chi connectivity index (χ2v) is 6.30. The molecule has 24 heavy (non-hydrogen) atoms. The quantitative estimate of drug-likeness (QED) is 0.600. The van der Waals surface area contributed by atoms with Gasteiger partial charge in [-0.2, -0.15) is 0 Å². The van der Waals surface area contributed by atoms with Gasteiger partial charge in [0.1, 0.15) is 0 Å². The van der Waals surface area contributed by atoms with Crippen LogP contribution in [0.4, 0.5) is 5.69 Å². The van der Waals surface area contributed by atoms with Gasteiger partial charge in [-0.3, -0.25) is 4.79 Å². The minimum absolute atomic E-state index is 0.110. The second-order valence-electron chi connectivity index (χ2n) is 5.45. The Balaban J connectivity index is 1.59. The van der Waals surface area contributed by atoms with Crippen LogP contribution in [0.5, 0.6) is 0 Å². The van der Waals surface area contributed by atoms with Gasteiger partial charge in [0.05, 0.1) is 11.2 Å². The van der Waals surface area contributed by atoms with E-state index in [2.05, 4.69) is 11.2 Å². The molecule has 0 radical (unpaired) electrons. The molecule has 0 unspecified atom stereocenters. The number of fused-ring (bicyclic) bond motifs is 1. The van der Waals surface area contributed by atoms with Crippen molar-refractivity contribution in [3.63, 3.8) is 0 Å². The minimum atomic E-state index is -0.115. The second kappa shape index (κ2) is 7.69. The molecule has 0 fully saturated rings. The average Bonchev–Trinajstić information content (AvgIpc) is 2.59. The standard InChI is InChI=1S/C18H16Cl2N2O2/c19-15-8-7-14(16(20)10-15)11-21-24-12-18(23)22-9-3-5-13-4-1-2-6-17(13)22/h1-2,4,6-8,10-11H,3,5,9,12H2. The Hall–Kier alpha value is -2.04. The fourth-order valence-electron chi connectivity index (χ4n) is 2.66. The summed E-state index contributed by atoms with van der Waals surface area (Å²) in [7, 11) is 0. The molecule has 2 aromatic rings. The van der Waals surface area contributed by atoms with Crippen LogP contribution in [0, 0.1) is 0 Å². The maximum absolute atomic E-state index is 12.4. The van der Waals surface area contributed by atoms with Gasteiger partial charge >= 0.3 is 0 Å². The molecule has 0 saturated heterocycles. The van der Waals surface area contributed by atoms with E-state index in [0.717, 1.165) is 18.5 Å². The Morgan fingerprint density at radius 3 is 2.92 bits per heavy atom. The highest BCUT2D eigenvalue weighted by Gasteiger charge is 2.22. The zero-order valence-corrected chi connectivity index (χ0v) is 14.4. The number of hydrogen-bond donors (Lipinski definition) is 0. The summed E-state index contributed by atoms with van der Waals surface area (Å²) >= 11 is 11.9. The van der Waals surface area contributed by atoms with E-state index in [9.17, 15) is 4.79 Å². The van der Waals surface area contributed by atoms with Crippen molar-refractivity contribution in [2.24, 2.45) is 5.16 Å². The zero-order valence-electron chi connectivity index (χ0n) is 12.9. The van der Waals surface area contributed by atoms with Gasteiger partial charge in [0.25, 0.3) is 5.91 Å². The molecule has 2 aromatic carbocycles. The molecule has 4 nitrogen and oxygen atoms in total. The maximum Gasteiger partial charge on any atom is 0.267 e. The molecular formula is C18H16Cl2N2O2. The SMILES string of the molecule is O=C(CON=Cc1ccc(Cl)cc1Cl)N1CCCc2ccccc21. The molecule has 1 aliphatic heterocycles. The fraction of sp³-hybridized carbons (Fsp3) is 0.222. The summed E-state index contributed by atoms with van der Waals surface area (Å²) in [5, 5.41) is 4.85. The van der Waals surface area contributed by atoms with Gasteiger partial charge in [0, 0.05) is 22.8 Å². The monoisotopic (exact) mass is 362 g/mol. The molecule has 0 spiro atoms. The summed E-state index contributed by atoms with van der Waals surface area (Å²) < 4.78 is 0. The molecule has 1 amide bonds. The zero-order chi connectivity index (χ0) is 16.9. The number of oxime groups is 1. The molecular weight excluding hydrogens is 347 g/mol. The number of hydrogen-bond acceptors (Lipinski definition) is 3. The molecule has 0 atom stereocenters. The van der Waals surface area contributed by atoms with Crippen LogP contribution in [0.2, 0.25) is 10.0 Å². The smallest absolute Gasteiger partial charge is 0.267 e. The van der Waals surface area contributed by atoms with Gasteiger partial charge in [-0.05, 0) is 36.6 Å². The number of carbonyl (C=O) groups excluding carboxylic acids is 1. The van der Waals surface area contributed by atoms with E-state index in [4.69, 9.17) is 28.0 Å². The largest absolute Gasteiger partial charge is 0.386 e. The predicted octanol–water partition coefficient (Wildman–Crippen LogP) is 4.32. The van der Waals surface area contributed by atoms with Crippen LogP contribution in [0.15, 0.2) is 47.6 Å². The number of anilines is 1. The lowest BCUT2D eigenvalue weighted by Crippen LogP contribution is -2.37. The van der Waals surface area contributed by atoms with E-state index < -0.39 is 0 Å². The van der Waals surface area contributed by atoms with Crippen LogP contribution in [0.25, 0.3) is 0 Å². The third kappa shape index (κ3) is 3.89. The summed E-state index contributed by atoms with van der Waals surface area (Å²) in [5.74, 6) is -0.110. The molecule has 3 rings (SSSR count). The summed E-state index contributed by atoms with van der Waals surface area (Å²) in [4.78, 5) is 19.3. The lowest BCUT2D eigenvalue weighted by molar-refractivity contribution is -0.123. The van der Waals surface area contributed by atoms with Crippen molar-refractivity contribution in [1.29, 1.82) is 0 Å². The van der Waals surface area contributed by atoms with Crippen LogP contribution < -0.4 is 4.90 Å². The number of nitrogens with zero attached hydrogens (tertiary/aromatic N) is 2. The third-order valence-corrected chi connectivity index (χ3v) is 4.39. The number of amides is 1. The predicted molar refractivity (Wildman–Crippen MR) is 97.1 cm³/mol. The van der Waals surface area contributed by atoms with Gasteiger partial charge in [0.2, 0.25) is 0 Å². The number of carbonyl (C=O) groups is 1. The Kier molecular flexibility index (Phi) is 5.38. The van der Waals surface area contributed by atoms with Crippen molar-refractivity contribution in [3.05, 3.63) is 63.6 Å². The first kappa shape index (κ1) is 16.8. The van der Waals surface area contributed by atoms with E-state index in [1.54, 1.807) is 23.1 Å². The summed E-state index contributed by atoms with van der Waals surface area (Å²) in [5.41, 5.74) is 2.83. The van der Waals surface area contributed by atoms with Crippen LogP contribution in [-0.2, 0) is 16.1 Å². The highest BCUT2D eigenvalue weighted by atomic mass is 35.5. The van der Waals surface area contributed by atoms with E-state index in [1.807, 2.05) is 18.2 Å². The number of para-hydroxylation sites is 1. The van der Waals surface area contributed by atoms with Crippen LogP contribution in [0.1, 0.15) is 17.5 Å². The first-order chi connectivity index (χ1) is 11.6. The van der Waals surface area contributed by atoms with E-state index in [-0.39, 0.29) is 12.5 Å². The van der Waals surface area contributed by atoms with Gasteiger partial charge < -0.3 is 9.74 Å². The minimum Gasteiger partial charge on any atom is -0.386 e. The van der Waals surface area contributed by atoms with Crippen molar-refractivity contribution >= 4 is 41.0 Å². The molecule has 6 heteroatoms. The van der Waals surface area contributed by atoms with E-state index in [1.165, 1.54) is 11.8 Å². The van der Waals surface area contributed by atoms with Crippen LogP contribution in [0.3, 0.4) is 0 Å². The summed E-state index contributed by atoms with van der Waals surface area (Å²) in [6, 6.07) is 13.0. The van der Waals surface area contributed by atoms with E-state index in [0.29, 0.717) is 22.2 Å². The third-order valence-electron chi connectivity index (χ3n) is 3.83. The van der Waals surface area contributed by atoms with Crippen molar-refractivity contribution in [2.45, 2.75) is 12.8 Å². The maximum atomic E-state index is 12.4. The van der Waals surface area contributed by atoms with Gasteiger partial charge in [-0.15, -0.1) is 0 Å². The Bertz CT molecular complexity index is 777. The van der Waals surface area contributed by atoms with Crippen molar-refractivity contribution in [1.82, 2.24) is 0 Å². The number of aryl methyl sites for hydroxylation is 1. The fourth-order valence-corrected chi connectivity index (χ4v) is 3.12. The number of rotatable bonds is 4. The molecule has 0 bridgehead atoms. The van der Waals surface area contributed by atoms with E-state index >= 15 is 0 Å². The van der Waals surface area contributed by atoms with Crippen LogP contribution >= 0.6 is 23.2 Å². The lowest BCUT2D eigenvalue weighted by Gasteiger charge is -2.28. The molecule has 124 valence electrons. The molecule has 1 aliphatic rings. The topological polar surface area (TPSA) is 41.9 Å². The normalized spacial score (nSPS) is 13.8. The highest BCUT2D eigenvalue weighted by Crippen LogP contribution is 2.26. The first-order valence-electron chi connectivity index (χ1n) is 7.64. The summed E-state index contributed by atoms with van der Waals surface area (Å²) in [6.45, 7) is 0.585. The molecule has 1 heterocycles. The highest BCUT2D eigenvalue weighted by molar-refractivity contribution is 6.36. The molecule has 0 aromatic heterocycles. The Morgan fingerprint density at radius 1 is 1.25 bits per heavy atom. The van der Waals surface area contributed by atoms with Gasteiger partial charge in [-0.25, -0.2) is 0 Å². The Morgan fingerprint density at radius 2 is 2.08 bits per heavy atom. The lowest BCUT2D eigenvalue weighted by atomic mass is 10.0. The van der Waals surface area contributed by atoms with Gasteiger partial charge in [0.15, 0.2) is 6.61 Å². The molecule has 0 N–H and O–H groups in total. The van der Waals surface area contributed by atoms with Crippen molar-refractivity contribution in [3.8, 4) is 0 Å². The van der Waals surface area contributed by atoms with Crippen molar-refractivity contribution < 1.29 is 9.63 Å². The number of halogens is 2.